The van der Waals surface area contributed by atoms with Gasteiger partial charge in [0.05, 0.1) is 4.92 Å². The molecule has 3 N–H and O–H groups in total. The predicted octanol–water partition coefficient (Wildman–Crippen LogP) is 4.08. The molecule has 0 spiro atoms. The molecule has 0 bridgehead atoms. The predicted molar refractivity (Wildman–Crippen MR) is 137 cm³/mol. The van der Waals surface area contributed by atoms with E-state index >= 15 is 0 Å². The second-order valence-electron chi connectivity index (χ2n) is 9.93. The molecule has 11 nitrogen and oxygen atoms in total. The van der Waals surface area contributed by atoms with Crippen LogP contribution in [0.15, 0.2) is 30.5 Å². The van der Waals surface area contributed by atoms with Crippen molar-refractivity contribution in [3.63, 3.8) is 0 Å². The van der Waals surface area contributed by atoms with Crippen LogP contribution < -0.4 is 20.7 Å². The standard InChI is InChI=1S/C25H32F3N7O4/c1-16(36)32-19-10-11-34(15-19)20-8-6-17(7-9-20)12-29-23-21(35(37)38)14-31-24(33-23)30-13-18-4-2-3-5-22(18)39-25(26,27)28/h2-5,14,17,19-20H,6-13,15H2,1H3,(H,32,36)(H2,29,30,31,33)/t17?,19-,20?/m0/s1. The van der Waals surface area contributed by atoms with E-state index in [1.165, 1.54) is 25.1 Å². The summed E-state index contributed by atoms with van der Waals surface area (Å²) in [4.78, 5) is 32.9. The lowest BCUT2D eigenvalue weighted by molar-refractivity contribution is -0.384. The van der Waals surface area contributed by atoms with Crippen LogP contribution in [0.3, 0.4) is 0 Å². The first kappa shape index (κ1) is 28.3. The second-order valence-corrected chi connectivity index (χ2v) is 9.93. The van der Waals surface area contributed by atoms with Gasteiger partial charge in [-0.3, -0.25) is 19.8 Å². The molecule has 1 saturated carbocycles. The highest BCUT2D eigenvalue weighted by molar-refractivity contribution is 5.73. The Kier molecular flexibility index (Phi) is 9.04. The molecule has 14 heteroatoms. The maximum Gasteiger partial charge on any atom is 0.573 e. The normalized spacial score (nSPS) is 21.8. The van der Waals surface area contributed by atoms with Crippen LogP contribution in [-0.2, 0) is 11.3 Å². The summed E-state index contributed by atoms with van der Waals surface area (Å²) in [5.41, 5.74) is -0.0550. The third-order valence-corrected chi connectivity index (χ3v) is 7.12. The molecule has 39 heavy (non-hydrogen) atoms. The molecule has 1 amide bonds. The van der Waals surface area contributed by atoms with Crippen LogP contribution in [0.1, 0.15) is 44.6 Å². The number of aromatic nitrogens is 2. The van der Waals surface area contributed by atoms with Gasteiger partial charge < -0.3 is 20.7 Å². The number of hydrogen-bond acceptors (Lipinski definition) is 9. The summed E-state index contributed by atoms with van der Waals surface area (Å²) in [6.07, 6.45) is 1.13. The number of nitro groups is 1. The van der Waals surface area contributed by atoms with E-state index in [0.717, 1.165) is 51.4 Å². The summed E-state index contributed by atoms with van der Waals surface area (Å²) in [6.45, 7) is 3.79. The maximum atomic E-state index is 12.7. The number of amides is 1. The van der Waals surface area contributed by atoms with Crippen molar-refractivity contribution >= 4 is 23.4 Å². The van der Waals surface area contributed by atoms with Gasteiger partial charge in [0.2, 0.25) is 17.7 Å². The third kappa shape index (κ3) is 8.15. The van der Waals surface area contributed by atoms with Crippen molar-refractivity contribution in [3.05, 3.63) is 46.1 Å². The molecule has 2 heterocycles. The highest BCUT2D eigenvalue weighted by atomic mass is 19.4. The number of nitrogens with zero attached hydrogens (tertiary/aromatic N) is 4. The lowest BCUT2D eigenvalue weighted by Crippen LogP contribution is -2.41. The monoisotopic (exact) mass is 551 g/mol. The molecular weight excluding hydrogens is 519 g/mol. The SMILES string of the molecule is CC(=O)N[C@H]1CCN(C2CCC(CNc3nc(NCc4ccccc4OC(F)(F)F)ncc3[N+](=O)[O-])CC2)C1. The summed E-state index contributed by atoms with van der Waals surface area (Å²) in [5, 5.41) is 20.4. The number of alkyl halides is 3. The summed E-state index contributed by atoms with van der Waals surface area (Å²) < 4.78 is 42.2. The number of carbonyl (C=O) groups excluding carboxylic acids is 1. The summed E-state index contributed by atoms with van der Waals surface area (Å²) in [6, 6.07) is 6.34. The lowest BCUT2D eigenvalue weighted by atomic mass is 9.85. The van der Waals surface area contributed by atoms with Crippen LogP contribution in [0.2, 0.25) is 0 Å². The molecule has 4 rings (SSSR count). The van der Waals surface area contributed by atoms with E-state index in [-0.39, 0.29) is 47.3 Å². The molecule has 1 atom stereocenters. The van der Waals surface area contributed by atoms with Gasteiger partial charge in [-0.15, -0.1) is 13.2 Å². The van der Waals surface area contributed by atoms with Crippen molar-refractivity contribution < 1.29 is 27.6 Å². The van der Waals surface area contributed by atoms with E-state index in [4.69, 9.17) is 0 Å². The van der Waals surface area contributed by atoms with Gasteiger partial charge in [-0.2, -0.15) is 4.98 Å². The van der Waals surface area contributed by atoms with Gasteiger partial charge in [0.1, 0.15) is 11.9 Å². The van der Waals surface area contributed by atoms with Crippen molar-refractivity contribution in [1.82, 2.24) is 20.2 Å². The smallest absolute Gasteiger partial charge is 0.405 e. The molecule has 1 saturated heterocycles. The van der Waals surface area contributed by atoms with Crippen molar-refractivity contribution in [3.8, 4) is 5.75 Å². The van der Waals surface area contributed by atoms with Crippen molar-refractivity contribution in [1.29, 1.82) is 0 Å². The molecule has 1 aromatic heterocycles. The molecule has 0 radical (unpaired) electrons. The number of anilines is 2. The number of rotatable bonds is 10. The Morgan fingerprint density at radius 1 is 1.18 bits per heavy atom. The highest BCUT2D eigenvalue weighted by Gasteiger charge is 2.33. The largest absolute Gasteiger partial charge is 0.573 e. The highest BCUT2D eigenvalue weighted by Crippen LogP contribution is 2.31. The Hall–Kier alpha value is -3.68. The van der Waals surface area contributed by atoms with Crippen LogP contribution >= 0.6 is 0 Å². The van der Waals surface area contributed by atoms with Crippen LogP contribution in [0, 0.1) is 16.0 Å². The first-order valence-corrected chi connectivity index (χ1v) is 12.9. The summed E-state index contributed by atoms with van der Waals surface area (Å²) >= 11 is 0. The van der Waals surface area contributed by atoms with Crippen LogP contribution in [0.25, 0.3) is 0 Å². The minimum Gasteiger partial charge on any atom is -0.405 e. The molecule has 2 aromatic rings. The van der Waals surface area contributed by atoms with E-state index in [0.29, 0.717) is 18.5 Å². The molecule has 1 aromatic carbocycles. The van der Waals surface area contributed by atoms with Crippen molar-refractivity contribution in [2.24, 2.45) is 5.92 Å². The molecule has 212 valence electrons. The molecule has 2 aliphatic rings. The van der Waals surface area contributed by atoms with E-state index in [1.807, 2.05) is 0 Å². The van der Waals surface area contributed by atoms with E-state index in [1.54, 1.807) is 6.07 Å². The van der Waals surface area contributed by atoms with Crippen molar-refractivity contribution in [2.45, 2.75) is 64.0 Å². The fourth-order valence-corrected chi connectivity index (χ4v) is 5.25. The first-order valence-electron chi connectivity index (χ1n) is 12.9. The van der Waals surface area contributed by atoms with E-state index in [2.05, 4.69) is 35.6 Å². The number of likely N-dealkylation sites (tertiary alicyclic amines) is 1. The number of ether oxygens (including phenoxy) is 1. The molecular formula is C25H32F3N7O4. The zero-order valence-electron chi connectivity index (χ0n) is 21.5. The molecule has 0 unspecified atom stereocenters. The van der Waals surface area contributed by atoms with Gasteiger partial charge in [0.15, 0.2) is 0 Å². The molecule has 2 fully saturated rings. The maximum absolute atomic E-state index is 12.7. The van der Waals surface area contributed by atoms with Gasteiger partial charge in [-0.25, -0.2) is 4.98 Å². The van der Waals surface area contributed by atoms with Crippen molar-refractivity contribution in [2.75, 3.05) is 30.3 Å². The number of hydrogen-bond donors (Lipinski definition) is 3. The van der Waals surface area contributed by atoms with Crippen LogP contribution in [-0.4, -0.2) is 63.8 Å². The number of para-hydroxylation sites is 1. The Morgan fingerprint density at radius 3 is 2.62 bits per heavy atom. The average molecular weight is 552 g/mol. The quantitative estimate of drug-likeness (QED) is 0.295. The zero-order chi connectivity index (χ0) is 28.0. The fraction of sp³-hybridized carbons (Fsp3) is 0.560. The topological polar surface area (TPSA) is 135 Å². The van der Waals surface area contributed by atoms with Gasteiger partial charge in [-0.1, -0.05) is 18.2 Å². The van der Waals surface area contributed by atoms with Gasteiger partial charge in [-0.05, 0) is 44.1 Å². The Bertz CT molecular complexity index is 1160. The summed E-state index contributed by atoms with van der Waals surface area (Å²) in [5.74, 6) is 0.0444. The zero-order valence-corrected chi connectivity index (χ0v) is 21.5. The minimum atomic E-state index is -4.83. The van der Waals surface area contributed by atoms with Crippen LogP contribution in [0.5, 0.6) is 5.75 Å². The minimum absolute atomic E-state index is 0.00547. The second kappa shape index (κ2) is 12.5. The lowest BCUT2D eigenvalue weighted by Gasteiger charge is -2.34. The Balaban J connectivity index is 1.31. The van der Waals surface area contributed by atoms with Gasteiger partial charge >= 0.3 is 12.0 Å². The number of benzene rings is 1. The van der Waals surface area contributed by atoms with E-state index < -0.39 is 11.3 Å². The number of carbonyl (C=O) groups is 1. The summed E-state index contributed by atoms with van der Waals surface area (Å²) in [7, 11) is 0. The van der Waals surface area contributed by atoms with Gasteiger partial charge in [0.25, 0.3) is 0 Å². The first-order chi connectivity index (χ1) is 18.6. The van der Waals surface area contributed by atoms with Gasteiger partial charge in [0, 0.05) is 50.7 Å². The third-order valence-electron chi connectivity index (χ3n) is 7.12. The number of halogens is 3. The number of nitrogens with one attached hydrogen (secondary N) is 3. The van der Waals surface area contributed by atoms with Crippen LogP contribution in [0.4, 0.5) is 30.6 Å². The molecule has 1 aliphatic carbocycles. The molecule has 1 aliphatic heterocycles. The Labute approximate surface area is 223 Å². The Morgan fingerprint density at radius 2 is 1.92 bits per heavy atom. The average Bonchev–Trinajstić information content (AvgIpc) is 3.34. The van der Waals surface area contributed by atoms with E-state index in [9.17, 15) is 28.1 Å². The fourth-order valence-electron chi connectivity index (χ4n) is 5.25.